The van der Waals surface area contributed by atoms with E-state index in [9.17, 15) is 13.2 Å². The van der Waals surface area contributed by atoms with Gasteiger partial charge in [-0.1, -0.05) is 12.1 Å². The lowest BCUT2D eigenvalue weighted by Crippen LogP contribution is -2.38. The first-order valence-electron chi connectivity index (χ1n) is 7.63. The third-order valence-electron chi connectivity index (χ3n) is 3.24. The lowest BCUT2D eigenvalue weighted by atomic mass is 10.1. The molecule has 0 aliphatic rings. The zero-order chi connectivity index (χ0) is 17.4. The van der Waals surface area contributed by atoms with Crippen LogP contribution in [0.3, 0.4) is 0 Å². The Bertz CT molecular complexity index is 656. The lowest BCUT2D eigenvalue weighted by molar-refractivity contribution is -0.137. The van der Waals surface area contributed by atoms with E-state index in [2.05, 4.69) is 20.6 Å². The van der Waals surface area contributed by atoms with Crippen molar-refractivity contribution in [1.29, 1.82) is 0 Å². The lowest BCUT2D eigenvalue weighted by Gasteiger charge is -2.12. The van der Waals surface area contributed by atoms with Gasteiger partial charge in [0.05, 0.1) is 18.4 Å². The highest BCUT2D eigenvalue weighted by Crippen LogP contribution is 2.29. The molecule has 0 atom stereocenters. The second-order valence-corrected chi connectivity index (χ2v) is 5.12. The van der Waals surface area contributed by atoms with Crippen LogP contribution in [-0.4, -0.2) is 28.6 Å². The minimum Gasteiger partial charge on any atom is -0.357 e. The normalized spacial score (nSPS) is 11.8. The van der Waals surface area contributed by atoms with E-state index in [4.69, 9.17) is 0 Å². The van der Waals surface area contributed by atoms with Crippen LogP contribution < -0.4 is 10.6 Å². The maximum Gasteiger partial charge on any atom is 0.416 e. The SMILES string of the molecule is CCNC(=NCc1cccc(C(F)(F)F)c1)NCCn1ccnc1.I. The summed E-state index contributed by atoms with van der Waals surface area (Å²) in [5, 5.41) is 6.21. The third kappa shape index (κ3) is 7.32. The molecule has 5 nitrogen and oxygen atoms in total. The van der Waals surface area contributed by atoms with Crippen molar-refractivity contribution in [1.82, 2.24) is 20.2 Å². The van der Waals surface area contributed by atoms with Crippen LogP contribution in [0, 0.1) is 0 Å². The van der Waals surface area contributed by atoms with Gasteiger partial charge < -0.3 is 15.2 Å². The van der Waals surface area contributed by atoms with Crippen molar-refractivity contribution in [3.63, 3.8) is 0 Å². The van der Waals surface area contributed by atoms with Gasteiger partial charge in [0.1, 0.15) is 0 Å². The van der Waals surface area contributed by atoms with Gasteiger partial charge in [0.15, 0.2) is 5.96 Å². The molecule has 2 rings (SSSR count). The first-order chi connectivity index (χ1) is 11.5. The smallest absolute Gasteiger partial charge is 0.357 e. The van der Waals surface area contributed by atoms with Crippen molar-refractivity contribution >= 4 is 29.9 Å². The number of halogens is 4. The number of rotatable bonds is 6. The van der Waals surface area contributed by atoms with Crippen LogP contribution in [0.1, 0.15) is 18.1 Å². The van der Waals surface area contributed by atoms with Gasteiger partial charge in [0, 0.05) is 32.0 Å². The number of imidazole rings is 1. The Kier molecular flexibility index (Phi) is 8.73. The van der Waals surface area contributed by atoms with E-state index in [-0.39, 0.29) is 30.5 Å². The van der Waals surface area contributed by atoms with E-state index in [1.165, 1.54) is 6.07 Å². The molecule has 1 aromatic heterocycles. The van der Waals surface area contributed by atoms with Gasteiger partial charge in [-0.3, -0.25) is 0 Å². The average Bonchev–Trinajstić information content (AvgIpc) is 3.05. The Morgan fingerprint density at radius 3 is 2.72 bits per heavy atom. The molecule has 0 aliphatic carbocycles. The van der Waals surface area contributed by atoms with E-state index >= 15 is 0 Å². The standard InChI is InChI=1S/C16H20F3N5.HI/c1-2-21-15(22-7-9-24-8-6-20-12-24)23-11-13-4-3-5-14(10-13)16(17,18)19;/h3-6,8,10,12H,2,7,9,11H2,1H3,(H2,21,22,23);1H. The number of nitrogens with zero attached hydrogens (tertiary/aromatic N) is 3. The summed E-state index contributed by atoms with van der Waals surface area (Å²) in [7, 11) is 0. The fourth-order valence-electron chi connectivity index (χ4n) is 2.08. The first-order valence-corrected chi connectivity index (χ1v) is 7.63. The largest absolute Gasteiger partial charge is 0.416 e. The van der Waals surface area contributed by atoms with Gasteiger partial charge >= 0.3 is 6.18 Å². The van der Waals surface area contributed by atoms with Crippen LogP contribution in [-0.2, 0) is 19.3 Å². The summed E-state index contributed by atoms with van der Waals surface area (Å²) in [6, 6.07) is 5.21. The van der Waals surface area contributed by atoms with Crippen LogP contribution in [0.15, 0.2) is 48.0 Å². The molecular formula is C16H21F3IN5. The van der Waals surface area contributed by atoms with Gasteiger partial charge in [-0.15, -0.1) is 24.0 Å². The molecule has 9 heteroatoms. The Labute approximate surface area is 161 Å². The Morgan fingerprint density at radius 2 is 2.08 bits per heavy atom. The molecule has 1 heterocycles. The molecular weight excluding hydrogens is 446 g/mol. The quantitative estimate of drug-likeness (QED) is 0.390. The summed E-state index contributed by atoms with van der Waals surface area (Å²) in [5.41, 5.74) is -0.148. The summed E-state index contributed by atoms with van der Waals surface area (Å²) < 4.78 is 40.1. The number of hydrogen-bond donors (Lipinski definition) is 2. The van der Waals surface area contributed by atoms with E-state index < -0.39 is 11.7 Å². The van der Waals surface area contributed by atoms with Crippen LogP contribution in [0.25, 0.3) is 0 Å². The fraction of sp³-hybridized carbons (Fsp3) is 0.375. The van der Waals surface area contributed by atoms with Crippen molar-refractivity contribution in [2.24, 2.45) is 4.99 Å². The van der Waals surface area contributed by atoms with Crippen molar-refractivity contribution < 1.29 is 13.2 Å². The van der Waals surface area contributed by atoms with Crippen LogP contribution in [0.2, 0.25) is 0 Å². The fourth-order valence-corrected chi connectivity index (χ4v) is 2.08. The van der Waals surface area contributed by atoms with Gasteiger partial charge in [-0.2, -0.15) is 13.2 Å². The zero-order valence-electron chi connectivity index (χ0n) is 13.8. The van der Waals surface area contributed by atoms with Crippen molar-refractivity contribution in [2.75, 3.05) is 13.1 Å². The number of nitrogens with one attached hydrogen (secondary N) is 2. The average molecular weight is 467 g/mol. The molecule has 1 aromatic carbocycles. The maximum atomic E-state index is 12.7. The van der Waals surface area contributed by atoms with Gasteiger partial charge in [0.2, 0.25) is 0 Å². The molecule has 2 N–H and O–H groups in total. The molecule has 0 spiro atoms. The second kappa shape index (κ2) is 10.3. The Hall–Kier alpha value is -1.78. The molecule has 0 fully saturated rings. The summed E-state index contributed by atoms with van der Waals surface area (Å²) in [5.74, 6) is 0.565. The molecule has 0 amide bonds. The molecule has 0 bridgehead atoms. The van der Waals surface area contributed by atoms with Crippen LogP contribution in [0.4, 0.5) is 13.2 Å². The molecule has 138 valence electrons. The highest BCUT2D eigenvalue weighted by atomic mass is 127. The third-order valence-corrected chi connectivity index (χ3v) is 3.24. The summed E-state index contributed by atoms with van der Waals surface area (Å²) >= 11 is 0. The molecule has 0 saturated heterocycles. The number of hydrogen-bond acceptors (Lipinski definition) is 2. The van der Waals surface area contributed by atoms with Crippen LogP contribution >= 0.6 is 24.0 Å². The second-order valence-electron chi connectivity index (χ2n) is 5.12. The van der Waals surface area contributed by atoms with E-state index in [0.717, 1.165) is 12.1 Å². The number of guanidine groups is 1. The first kappa shape index (κ1) is 21.3. The van der Waals surface area contributed by atoms with E-state index in [1.54, 1.807) is 18.6 Å². The monoisotopic (exact) mass is 467 g/mol. The number of benzene rings is 1. The van der Waals surface area contributed by atoms with Crippen molar-refractivity contribution in [2.45, 2.75) is 26.2 Å². The van der Waals surface area contributed by atoms with Crippen LogP contribution in [0.5, 0.6) is 0 Å². The number of alkyl halides is 3. The highest BCUT2D eigenvalue weighted by molar-refractivity contribution is 14.0. The number of aromatic nitrogens is 2. The maximum absolute atomic E-state index is 12.7. The van der Waals surface area contributed by atoms with Gasteiger partial charge in [-0.25, -0.2) is 9.98 Å². The van der Waals surface area contributed by atoms with Gasteiger partial charge in [0.25, 0.3) is 0 Å². The minimum absolute atomic E-state index is 0. The Balaban J connectivity index is 0.00000312. The molecule has 0 unspecified atom stereocenters. The molecule has 0 saturated carbocycles. The molecule has 0 radical (unpaired) electrons. The van der Waals surface area contributed by atoms with Crippen molar-refractivity contribution in [3.8, 4) is 0 Å². The summed E-state index contributed by atoms with van der Waals surface area (Å²) in [4.78, 5) is 8.29. The zero-order valence-corrected chi connectivity index (χ0v) is 16.1. The summed E-state index contributed by atoms with van der Waals surface area (Å²) in [6.45, 7) is 4.11. The van der Waals surface area contributed by atoms with Gasteiger partial charge in [-0.05, 0) is 24.6 Å². The van der Waals surface area contributed by atoms with Crippen molar-refractivity contribution in [3.05, 3.63) is 54.1 Å². The topological polar surface area (TPSA) is 54.2 Å². The minimum atomic E-state index is -4.34. The highest BCUT2D eigenvalue weighted by Gasteiger charge is 2.30. The predicted molar refractivity (Wildman–Crippen MR) is 102 cm³/mol. The molecule has 0 aliphatic heterocycles. The number of aliphatic imine (C=N–C) groups is 1. The predicted octanol–water partition coefficient (Wildman–Crippen LogP) is 3.28. The van der Waals surface area contributed by atoms with E-state index in [1.807, 2.05) is 17.7 Å². The van der Waals surface area contributed by atoms with E-state index in [0.29, 0.717) is 31.2 Å². The molecule has 2 aromatic rings. The molecule has 25 heavy (non-hydrogen) atoms. The Morgan fingerprint density at radius 1 is 1.28 bits per heavy atom. The summed E-state index contributed by atoms with van der Waals surface area (Å²) in [6.07, 6.45) is 0.933.